The highest BCUT2D eigenvalue weighted by Crippen LogP contribution is 2.28. The van der Waals surface area contributed by atoms with Crippen LogP contribution < -0.4 is 4.74 Å². The van der Waals surface area contributed by atoms with Crippen molar-refractivity contribution in [1.29, 1.82) is 0 Å². The highest BCUT2D eigenvalue weighted by atomic mass is 32.2. The number of ether oxygens (including phenoxy) is 1. The molecule has 0 radical (unpaired) electrons. The molecule has 3 nitrogen and oxygen atoms in total. The van der Waals surface area contributed by atoms with Crippen molar-refractivity contribution in [3.05, 3.63) is 53.6 Å². The van der Waals surface area contributed by atoms with Crippen LogP contribution in [0.4, 0.5) is 0 Å². The van der Waals surface area contributed by atoms with Crippen molar-refractivity contribution in [2.24, 2.45) is 0 Å². The van der Waals surface area contributed by atoms with E-state index in [4.69, 9.17) is 9.84 Å². The SMILES string of the molecule is CSc1cc2cc(c1)OC2.O=Cc1ccc(O)cc1. The first kappa shape index (κ1) is 13.5. The van der Waals surface area contributed by atoms with Crippen LogP contribution in [0.25, 0.3) is 0 Å². The monoisotopic (exact) mass is 274 g/mol. The molecule has 0 aromatic heterocycles. The van der Waals surface area contributed by atoms with Gasteiger partial charge in [-0.3, -0.25) is 4.79 Å². The number of hydrogen-bond donors (Lipinski definition) is 1. The van der Waals surface area contributed by atoms with Crippen LogP contribution in [0.1, 0.15) is 15.9 Å². The van der Waals surface area contributed by atoms with Crippen LogP contribution in [-0.2, 0) is 6.61 Å². The maximum Gasteiger partial charge on any atom is 0.150 e. The van der Waals surface area contributed by atoms with E-state index in [-0.39, 0.29) is 5.75 Å². The van der Waals surface area contributed by atoms with Gasteiger partial charge in [0.05, 0.1) is 0 Å². The van der Waals surface area contributed by atoms with E-state index >= 15 is 0 Å². The van der Waals surface area contributed by atoms with E-state index in [0.29, 0.717) is 5.56 Å². The molecule has 4 heteroatoms. The predicted molar refractivity (Wildman–Crippen MR) is 76.0 cm³/mol. The molecular weight excluding hydrogens is 260 g/mol. The molecular formula is C15H14O3S. The lowest BCUT2D eigenvalue weighted by atomic mass is 10.2. The van der Waals surface area contributed by atoms with Crippen LogP contribution in [0, 0.1) is 0 Å². The molecule has 0 aliphatic carbocycles. The minimum Gasteiger partial charge on any atom is -0.508 e. The van der Waals surface area contributed by atoms with Crippen LogP contribution in [0.3, 0.4) is 0 Å². The van der Waals surface area contributed by atoms with Crippen LogP contribution in [0.2, 0.25) is 0 Å². The van der Waals surface area contributed by atoms with Gasteiger partial charge in [0.25, 0.3) is 0 Å². The van der Waals surface area contributed by atoms with E-state index in [9.17, 15) is 4.79 Å². The van der Waals surface area contributed by atoms with E-state index in [2.05, 4.69) is 24.5 Å². The van der Waals surface area contributed by atoms with Gasteiger partial charge in [0, 0.05) is 10.5 Å². The fraction of sp³-hybridized carbons (Fsp3) is 0.133. The first-order valence-electron chi connectivity index (χ1n) is 5.76. The zero-order valence-corrected chi connectivity index (χ0v) is 11.3. The molecule has 98 valence electrons. The third-order valence-corrected chi connectivity index (χ3v) is 3.32. The molecule has 2 aromatic rings. The molecule has 2 aromatic carbocycles. The van der Waals surface area contributed by atoms with Gasteiger partial charge in [-0.25, -0.2) is 0 Å². The minimum absolute atomic E-state index is 0.181. The van der Waals surface area contributed by atoms with E-state index in [1.165, 1.54) is 22.6 Å². The van der Waals surface area contributed by atoms with Gasteiger partial charge in [0.15, 0.2) is 0 Å². The van der Waals surface area contributed by atoms with Crippen molar-refractivity contribution in [2.45, 2.75) is 11.5 Å². The molecule has 19 heavy (non-hydrogen) atoms. The summed E-state index contributed by atoms with van der Waals surface area (Å²) in [4.78, 5) is 11.3. The molecule has 0 saturated carbocycles. The smallest absolute Gasteiger partial charge is 0.150 e. The lowest BCUT2D eigenvalue weighted by molar-refractivity contribution is 0.112. The van der Waals surface area contributed by atoms with Gasteiger partial charge in [0.2, 0.25) is 0 Å². The third kappa shape index (κ3) is 3.76. The van der Waals surface area contributed by atoms with E-state index < -0.39 is 0 Å². The Balaban J connectivity index is 0.000000141. The van der Waals surface area contributed by atoms with E-state index in [1.807, 2.05) is 0 Å². The highest BCUT2D eigenvalue weighted by Gasteiger charge is 2.08. The number of hydrogen-bond acceptors (Lipinski definition) is 4. The van der Waals surface area contributed by atoms with Gasteiger partial charge in [0.1, 0.15) is 24.4 Å². The van der Waals surface area contributed by atoms with E-state index in [1.54, 1.807) is 23.9 Å². The first-order chi connectivity index (χ1) is 9.21. The number of aldehydes is 1. The Hall–Kier alpha value is -1.94. The molecule has 0 atom stereocenters. The number of rotatable bonds is 2. The maximum atomic E-state index is 10.0. The number of carbonyl (C=O) groups is 1. The summed E-state index contributed by atoms with van der Waals surface area (Å²) in [5, 5.41) is 8.74. The van der Waals surface area contributed by atoms with Gasteiger partial charge < -0.3 is 9.84 Å². The summed E-state index contributed by atoms with van der Waals surface area (Å²) < 4.78 is 5.31. The van der Waals surface area contributed by atoms with Gasteiger partial charge in [-0.2, -0.15) is 0 Å². The second-order valence-corrected chi connectivity index (χ2v) is 4.89. The first-order valence-corrected chi connectivity index (χ1v) is 6.98. The van der Waals surface area contributed by atoms with Crippen LogP contribution >= 0.6 is 11.8 Å². The summed E-state index contributed by atoms with van der Waals surface area (Å²) in [7, 11) is 0. The lowest BCUT2D eigenvalue weighted by Gasteiger charge is -1.93. The summed E-state index contributed by atoms with van der Waals surface area (Å²) in [6.07, 6.45) is 2.81. The summed E-state index contributed by atoms with van der Waals surface area (Å²) >= 11 is 1.76. The summed E-state index contributed by atoms with van der Waals surface area (Å²) in [6, 6.07) is 12.4. The highest BCUT2D eigenvalue weighted by molar-refractivity contribution is 7.98. The average Bonchev–Trinajstić information content (AvgIpc) is 2.79. The molecule has 3 rings (SSSR count). The van der Waals surface area contributed by atoms with Gasteiger partial charge in [-0.15, -0.1) is 11.8 Å². The minimum atomic E-state index is 0.181. The zero-order chi connectivity index (χ0) is 13.7. The fourth-order valence-corrected chi connectivity index (χ4v) is 2.14. The Morgan fingerprint density at radius 3 is 2.53 bits per heavy atom. The van der Waals surface area contributed by atoms with Crippen LogP contribution in [0.15, 0.2) is 47.4 Å². The lowest BCUT2D eigenvalue weighted by Crippen LogP contribution is -1.81. The Morgan fingerprint density at radius 2 is 1.95 bits per heavy atom. The standard InChI is InChI=1S/C8H8OS.C7H6O2/c1-10-8-3-6-2-7(4-8)9-5-6;8-5-6-1-3-7(9)4-2-6/h2-4H,5H2,1H3;1-5,9H. The molecule has 1 aliphatic heterocycles. The van der Waals surface area contributed by atoms with Crippen molar-refractivity contribution in [3.63, 3.8) is 0 Å². The molecule has 1 aliphatic rings. The molecule has 0 saturated heterocycles. The van der Waals surface area contributed by atoms with Gasteiger partial charge in [-0.05, 0) is 54.3 Å². The van der Waals surface area contributed by atoms with E-state index in [0.717, 1.165) is 18.6 Å². The summed E-state index contributed by atoms with van der Waals surface area (Å²) in [6.45, 7) is 0.760. The largest absolute Gasteiger partial charge is 0.508 e. The molecule has 0 spiro atoms. The average molecular weight is 274 g/mol. The second-order valence-electron chi connectivity index (χ2n) is 4.01. The molecule has 0 unspecified atom stereocenters. The number of carbonyl (C=O) groups excluding carboxylic acids is 1. The van der Waals surface area contributed by atoms with Crippen molar-refractivity contribution < 1.29 is 14.6 Å². The van der Waals surface area contributed by atoms with Crippen LogP contribution in [-0.4, -0.2) is 17.6 Å². The van der Waals surface area contributed by atoms with Crippen molar-refractivity contribution in [3.8, 4) is 11.5 Å². The van der Waals surface area contributed by atoms with Gasteiger partial charge >= 0.3 is 0 Å². The molecule has 0 amide bonds. The number of phenols is 1. The number of benzene rings is 2. The zero-order valence-electron chi connectivity index (χ0n) is 10.5. The number of phenolic OH excluding ortho intramolecular Hbond substituents is 1. The van der Waals surface area contributed by atoms with Crippen molar-refractivity contribution in [2.75, 3.05) is 6.26 Å². The van der Waals surface area contributed by atoms with Crippen molar-refractivity contribution in [1.82, 2.24) is 0 Å². The molecule has 1 N–H and O–H groups in total. The third-order valence-electron chi connectivity index (χ3n) is 2.61. The molecule has 0 fully saturated rings. The maximum absolute atomic E-state index is 10.0. The Labute approximate surface area is 116 Å². The summed E-state index contributed by atoms with van der Waals surface area (Å²) in [5.74, 6) is 1.20. The van der Waals surface area contributed by atoms with Crippen LogP contribution in [0.5, 0.6) is 11.5 Å². The fourth-order valence-electron chi connectivity index (χ4n) is 1.63. The number of thioether (sulfide) groups is 1. The Bertz CT molecular complexity index is 542. The van der Waals surface area contributed by atoms with Crippen molar-refractivity contribution >= 4 is 18.0 Å². The molecule has 1 heterocycles. The second kappa shape index (κ2) is 6.29. The van der Waals surface area contributed by atoms with Gasteiger partial charge in [-0.1, -0.05) is 0 Å². The number of fused-ring (bicyclic) bond motifs is 2. The molecule has 2 bridgehead atoms. The topological polar surface area (TPSA) is 46.5 Å². The normalized spacial score (nSPS) is 11.2. The predicted octanol–water partition coefficient (Wildman–Crippen LogP) is 3.51. The quantitative estimate of drug-likeness (QED) is 0.672. The Kier molecular flexibility index (Phi) is 4.47. The summed E-state index contributed by atoms with van der Waals surface area (Å²) in [5.41, 5.74) is 1.87. The Morgan fingerprint density at radius 1 is 1.21 bits per heavy atom. The number of aromatic hydroxyl groups is 1.